The number of nitro groups is 1. The van der Waals surface area contributed by atoms with Crippen molar-refractivity contribution in [3.8, 4) is 11.6 Å². The summed E-state index contributed by atoms with van der Waals surface area (Å²) in [6.07, 6.45) is 1.35. The van der Waals surface area contributed by atoms with Crippen LogP contribution < -0.4 is 4.74 Å². The van der Waals surface area contributed by atoms with E-state index in [-0.39, 0.29) is 17.1 Å². The van der Waals surface area contributed by atoms with Crippen LogP contribution in [0, 0.1) is 17.0 Å². The number of nitrogens with zero attached hydrogens (tertiary/aromatic N) is 2. The van der Waals surface area contributed by atoms with E-state index >= 15 is 0 Å². The average molecular weight is 274 g/mol. The van der Waals surface area contributed by atoms with Crippen LogP contribution in [0.2, 0.25) is 0 Å². The van der Waals surface area contributed by atoms with Crippen molar-refractivity contribution in [2.45, 2.75) is 6.92 Å². The van der Waals surface area contributed by atoms with E-state index in [0.717, 1.165) is 0 Å². The molecule has 0 radical (unpaired) electrons. The zero-order chi connectivity index (χ0) is 14.7. The minimum Gasteiger partial charge on any atom is -0.478 e. The average Bonchev–Trinajstić information content (AvgIpc) is 2.41. The van der Waals surface area contributed by atoms with Crippen molar-refractivity contribution in [1.29, 1.82) is 0 Å². The van der Waals surface area contributed by atoms with Gasteiger partial charge in [0.25, 0.3) is 5.69 Å². The Morgan fingerprint density at radius 2 is 2.00 bits per heavy atom. The highest BCUT2D eigenvalue weighted by molar-refractivity contribution is 5.87. The molecule has 20 heavy (non-hydrogen) atoms. The maximum absolute atomic E-state index is 10.8. The van der Waals surface area contributed by atoms with Crippen molar-refractivity contribution in [2.75, 3.05) is 0 Å². The summed E-state index contributed by atoms with van der Waals surface area (Å²) in [4.78, 5) is 24.9. The Bertz CT molecular complexity index is 667. The third kappa shape index (κ3) is 2.89. The number of aromatic nitrogens is 1. The van der Waals surface area contributed by atoms with E-state index in [1.165, 1.54) is 36.5 Å². The maximum Gasteiger partial charge on any atom is 0.335 e. The van der Waals surface area contributed by atoms with Crippen LogP contribution in [0.25, 0.3) is 0 Å². The quantitative estimate of drug-likeness (QED) is 0.679. The third-order valence-electron chi connectivity index (χ3n) is 2.57. The normalized spacial score (nSPS) is 10.1. The minimum atomic E-state index is -1.04. The SMILES string of the molecule is Cc1cnc(Oc2ccc(C(=O)O)cc2)cc1[N+](=O)[O-]. The van der Waals surface area contributed by atoms with Crippen LogP contribution in [0.3, 0.4) is 0 Å². The molecule has 7 nitrogen and oxygen atoms in total. The molecular formula is C13H10N2O5. The molecule has 0 aliphatic heterocycles. The Kier molecular flexibility index (Phi) is 3.60. The number of aryl methyl sites for hydroxylation is 1. The van der Waals surface area contributed by atoms with Crippen molar-refractivity contribution in [2.24, 2.45) is 0 Å². The van der Waals surface area contributed by atoms with Gasteiger partial charge in [-0.2, -0.15) is 0 Å². The van der Waals surface area contributed by atoms with E-state index in [4.69, 9.17) is 9.84 Å². The Morgan fingerprint density at radius 1 is 1.35 bits per heavy atom. The van der Waals surface area contributed by atoms with Gasteiger partial charge in [0.2, 0.25) is 5.88 Å². The number of carbonyl (C=O) groups is 1. The fourth-order valence-electron chi connectivity index (χ4n) is 1.53. The first-order valence-corrected chi connectivity index (χ1v) is 5.59. The van der Waals surface area contributed by atoms with Gasteiger partial charge >= 0.3 is 5.97 Å². The first-order chi connectivity index (χ1) is 9.47. The molecule has 0 spiro atoms. The van der Waals surface area contributed by atoms with Crippen LogP contribution in [0.1, 0.15) is 15.9 Å². The molecule has 0 aliphatic rings. The summed E-state index contributed by atoms with van der Waals surface area (Å²) >= 11 is 0. The van der Waals surface area contributed by atoms with Gasteiger partial charge in [0.1, 0.15) is 5.75 Å². The molecule has 7 heteroatoms. The molecule has 0 amide bonds. The van der Waals surface area contributed by atoms with Gasteiger partial charge in [-0.3, -0.25) is 10.1 Å². The Labute approximate surface area is 113 Å². The fraction of sp³-hybridized carbons (Fsp3) is 0.0769. The van der Waals surface area contributed by atoms with E-state index < -0.39 is 10.9 Å². The van der Waals surface area contributed by atoms with Gasteiger partial charge < -0.3 is 9.84 Å². The molecule has 102 valence electrons. The smallest absolute Gasteiger partial charge is 0.335 e. The van der Waals surface area contributed by atoms with Gasteiger partial charge in [0.15, 0.2) is 0 Å². The third-order valence-corrected chi connectivity index (χ3v) is 2.57. The lowest BCUT2D eigenvalue weighted by Gasteiger charge is -2.05. The summed E-state index contributed by atoms with van der Waals surface area (Å²) in [5, 5.41) is 19.6. The first kappa shape index (κ1) is 13.5. The molecule has 0 saturated carbocycles. The molecule has 0 aliphatic carbocycles. The number of carboxylic acids is 1. The molecule has 1 aromatic heterocycles. The Morgan fingerprint density at radius 3 is 2.55 bits per heavy atom. The second-order valence-electron chi connectivity index (χ2n) is 4.00. The second-order valence-corrected chi connectivity index (χ2v) is 4.00. The molecule has 2 aromatic rings. The monoisotopic (exact) mass is 274 g/mol. The highest BCUT2D eigenvalue weighted by Gasteiger charge is 2.13. The number of pyridine rings is 1. The molecule has 2 rings (SSSR count). The van der Waals surface area contributed by atoms with Crippen molar-refractivity contribution in [3.05, 3.63) is 57.8 Å². The molecule has 1 N–H and O–H groups in total. The number of benzene rings is 1. The molecule has 0 unspecified atom stereocenters. The number of carboxylic acid groups (broad SMARTS) is 1. The van der Waals surface area contributed by atoms with Crippen LogP contribution in [-0.4, -0.2) is 21.0 Å². The summed E-state index contributed by atoms with van der Waals surface area (Å²) in [7, 11) is 0. The number of ether oxygens (including phenoxy) is 1. The number of aromatic carboxylic acids is 1. The summed E-state index contributed by atoms with van der Waals surface area (Å²) in [5.74, 6) is -0.619. The number of hydrogen-bond donors (Lipinski definition) is 1. The van der Waals surface area contributed by atoms with Crippen LogP contribution in [-0.2, 0) is 0 Å². The summed E-state index contributed by atoms with van der Waals surface area (Å²) in [6, 6.07) is 6.88. The molecule has 0 fully saturated rings. The minimum absolute atomic E-state index is 0.0744. The van der Waals surface area contributed by atoms with Gasteiger partial charge in [-0.25, -0.2) is 9.78 Å². The van der Waals surface area contributed by atoms with E-state index in [9.17, 15) is 14.9 Å². The van der Waals surface area contributed by atoms with Crippen LogP contribution in [0.15, 0.2) is 36.5 Å². The van der Waals surface area contributed by atoms with E-state index in [2.05, 4.69) is 4.98 Å². The van der Waals surface area contributed by atoms with Crippen LogP contribution in [0.5, 0.6) is 11.6 Å². The van der Waals surface area contributed by atoms with Gasteiger partial charge in [-0.15, -0.1) is 0 Å². The predicted octanol–water partition coefficient (Wildman–Crippen LogP) is 2.79. The maximum atomic E-state index is 10.8. The van der Waals surface area contributed by atoms with Crippen molar-refractivity contribution in [3.63, 3.8) is 0 Å². The van der Waals surface area contributed by atoms with Crippen molar-refractivity contribution >= 4 is 11.7 Å². The zero-order valence-electron chi connectivity index (χ0n) is 10.4. The number of rotatable bonds is 4. The van der Waals surface area contributed by atoms with E-state index in [1.807, 2.05) is 0 Å². The first-order valence-electron chi connectivity index (χ1n) is 5.59. The van der Waals surface area contributed by atoms with Crippen LogP contribution >= 0.6 is 0 Å². The van der Waals surface area contributed by atoms with Gasteiger partial charge in [0.05, 0.1) is 16.6 Å². The summed E-state index contributed by atoms with van der Waals surface area (Å²) < 4.78 is 5.35. The largest absolute Gasteiger partial charge is 0.478 e. The lowest BCUT2D eigenvalue weighted by Crippen LogP contribution is -1.97. The fourth-order valence-corrected chi connectivity index (χ4v) is 1.53. The van der Waals surface area contributed by atoms with Gasteiger partial charge in [0, 0.05) is 11.8 Å². The van der Waals surface area contributed by atoms with E-state index in [0.29, 0.717) is 11.3 Å². The van der Waals surface area contributed by atoms with Crippen LogP contribution in [0.4, 0.5) is 5.69 Å². The van der Waals surface area contributed by atoms with Gasteiger partial charge in [-0.1, -0.05) is 0 Å². The summed E-state index contributed by atoms with van der Waals surface area (Å²) in [6.45, 7) is 1.58. The lowest BCUT2D eigenvalue weighted by molar-refractivity contribution is -0.385. The molecular weight excluding hydrogens is 264 g/mol. The molecule has 0 saturated heterocycles. The Balaban J connectivity index is 2.23. The molecule has 0 atom stereocenters. The number of hydrogen-bond acceptors (Lipinski definition) is 5. The highest BCUT2D eigenvalue weighted by Crippen LogP contribution is 2.25. The Hall–Kier alpha value is -2.96. The predicted molar refractivity (Wildman–Crippen MR) is 69.1 cm³/mol. The second kappa shape index (κ2) is 5.35. The lowest BCUT2D eigenvalue weighted by atomic mass is 10.2. The topological polar surface area (TPSA) is 103 Å². The van der Waals surface area contributed by atoms with Crippen molar-refractivity contribution in [1.82, 2.24) is 4.98 Å². The highest BCUT2D eigenvalue weighted by atomic mass is 16.6. The molecule has 0 bridgehead atoms. The summed E-state index contributed by atoms with van der Waals surface area (Å²) in [5.41, 5.74) is 0.473. The van der Waals surface area contributed by atoms with Crippen molar-refractivity contribution < 1.29 is 19.6 Å². The van der Waals surface area contributed by atoms with E-state index in [1.54, 1.807) is 6.92 Å². The zero-order valence-corrected chi connectivity index (χ0v) is 10.4. The standard InChI is InChI=1S/C13H10N2O5/c1-8-7-14-12(6-11(8)15(18)19)20-10-4-2-9(3-5-10)13(16)17/h2-7H,1H3,(H,16,17). The molecule has 1 aromatic carbocycles. The molecule has 1 heterocycles. The van der Waals surface area contributed by atoms with Gasteiger partial charge in [-0.05, 0) is 31.2 Å².